The van der Waals surface area contributed by atoms with E-state index in [1.54, 1.807) is 19.2 Å². The lowest BCUT2D eigenvalue weighted by atomic mass is 9.69. The number of fused-ring (bicyclic) bond motifs is 4. The second kappa shape index (κ2) is 10.3. The number of nitrogens with zero attached hydrogens (tertiary/aromatic N) is 3. The number of para-hydroxylation sites is 2. The van der Waals surface area contributed by atoms with Gasteiger partial charge in [-0.2, -0.15) is 0 Å². The van der Waals surface area contributed by atoms with E-state index in [-0.39, 0.29) is 19.0 Å². The molecule has 0 bridgehead atoms. The molecule has 0 spiro atoms. The summed E-state index contributed by atoms with van der Waals surface area (Å²) in [6.07, 6.45) is -0.931. The van der Waals surface area contributed by atoms with Gasteiger partial charge in [-0.05, 0) is 50.1 Å². The number of phenolic OH excluding ortho intramolecular Hbond substituents is 1. The topological polar surface area (TPSA) is 116 Å². The molecule has 11 heteroatoms. The number of aromatic hydroxyl groups is 1. The molecule has 4 aromatic rings. The number of methoxy groups -OCH3 is 1. The van der Waals surface area contributed by atoms with Crippen LogP contribution in [0.5, 0.6) is 5.75 Å². The molecular weight excluding hydrogens is 518 g/mol. The molecule has 40 heavy (non-hydrogen) atoms. The Balaban J connectivity index is 1.21. The van der Waals surface area contributed by atoms with Gasteiger partial charge in [0.1, 0.15) is 46.9 Å². The summed E-state index contributed by atoms with van der Waals surface area (Å²) < 4.78 is 39.7. The molecule has 11 nitrogen and oxygen atoms in total. The largest absolute Gasteiger partial charge is 0.506 e. The van der Waals surface area contributed by atoms with E-state index in [0.717, 1.165) is 16.6 Å². The quantitative estimate of drug-likeness (QED) is 0.202. The molecule has 2 fully saturated rings. The number of phenols is 1. The maximum atomic E-state index is 11.3. The lowest BCUT2D eigenvalue weighted by Crippen LogP contribution is -2.56. The molecule has 5 unspecified atom stereocenters. The zero-order chi connectivity index (χ0) is 28.1. The Kier molecular flexibility index (Phi) is 7.10. The fraction of sp³-hybridized carbons (Fsp3) is 0.586. The minimum Gasteiger partial charge on any atom is -0.506 e. The van der Waals surface area contributed by atoms with E-state index in [2.05, 4.69) is 6.92 Å². The molecule has 0 saturated carbocycles. The average molecular weight is 558 g/mol. The highest BCUT2D eigenvalue weighted by Gasteiger charge is 2.75. The van der Waals surface area contributed by atoms with Crippen molar-refractivity contribution in [2.45, 2.75) is 50.8 Å². The fourth-order valence-electron chi connectivity index (χ4n) is 6.32. The molecule has 218 valence electrons. The summed E-state index contributed by atoms with van der Waals surface area (Å²) in [5, 5.41) is 22.0. The van der Waals surface area contributed by atoms with Crippen LogP contribution in [0.25, 0.3) is 16.7 Å². The molecule has 0 radical (unpaired) electrons. The highest BCUT2D eigenvalue weighted by molar-refractivity contribution is 5.79. The zero-order valence-corrected chi connectivity index (χ0v) is 23.5. The zero-order valence-electron chi connectivity index (χ0n) is 23.5. The number of aromatic nitrogens is 3. The van der Waals surface area contributed by atoms with E-state index in [1.807, 2.05) is 58.2 Å². The number of rotatable bonds is 16. The van der Waals surface area contributed by atoms with Crippen molar-refractivity contribution >= 4 is 11.0 Å². The van der Waals surface area contributed by atoms with Crippen molar-refractivity contribution < 1.29 is 38.6 Å². The van der Waals surface area contributed by atoms with Crippen LogP contribution >= 0.6 is 0 Å². The maximum Gasteiger partial charge on any atom is 0.203 e. The van der Waals surface area contributed by atoms with Crippen LogP contribution in [-0.4, -0.2) is 95.1 Å². The second-order valence-electron chi connectivity index (χ2n) is 10.7. The second-order valence-corrected chi connectivity index (χ2v) is 10.7. The van der Waals surface area contributed by atoms with Crippen molar-refractivity contribution in [2.75, 3.05) is 53.4 Å². The summed E-state index contributed by atoms with van der Waals surface area (Å²) >= 11 is 0. The molecule has 0 aliphatic carbocycles. The first kappa shape index (κ1) is 27.5. The predicted octanol–water partition coefficient (Wildman–Crippen LogP) is 3.16. The van der Waals surface area contributed by atoms with Gasteiger partial charge in [-0.1, -0.05) is 25.1 Å². The highest BCUT2D eigenvalue weighted by atomic mass is 16.8. The first-order valence-corrected chi connectivity index (χ1v) is 14.0. The van der Waals surface area contributed by atoms with Crippen molar-refractivity contribution in [1.29, 1.82) is 0 Å². The number of aliphatic hydroxyl groups is 1. The van der Waals surface area contributed by atoms with Crippen LogP contribution in [0, 0.1) is 5.41 Å². The highest BCUT2D eigenvalue weighted by Crippen LogP contribution is 2.60. The van der Waals surface area contributed by atoms with Crippen LogP contribution in [0.4, 0.5) is 0 Å². The summed E-state index contributed by atoms with van der Waals surface area (Å²) in [5.74, 6) is -0.668. The maximum absolute atomic E-state index is 11.3. The van der Waals surface area contributed by atoms with Crippen LogP contribution < -0.4 is 0 Å². The summed E-state index contributed by atoms with van der Waals surface area (Å²) in [4.78, 5) is 1.89. The van der Waals surface area contributed by atoms with Crippen molar-refractivity contribution in [2.24, 2.45) is 5.41 Å². The van der Waals surface area contributed by atoms with Crippen LogP contribution in [0.1, 0.15) is 38.9 Å². The van der Waals surface area contributed by atoms with Crippen molar-refractivity contribution in [1.82, 2.24) is 14.1 Å². The lowest BCUT2D eigenvalue weighted by Gasteiger charge is -2.42. The third kappa shape index (κ3) is 4.14. The van der Waals surface area contributed by atoms with Gasteiger partial charge < -0.3 is 38.6 Å². The van der Waals surface area contributed by atoms with Gasteiger partial charge in [-0.3, -0.25) is 0 Å². The first-order chi connectivity index (χ1) is 19.4. The molecule has 2 aliphatic heterocycles. The average Bonchev–Trinajstić information content (AvgIpc) is 3.86. The monoisotopic (exact) mass is 557 g/mol. The normalized spacial score (nSPS) is 25.5. The van der Waals surface area contributed by atoms with Gasteiger partial charge in [0, 0.05) is 20.3 Å². The summed E-state index contributed by atoms with van der Waals surface area (Å²) in [5.41, 5.74) is 2.30. The molecular formula is C29H39N3O8. The minimum absolute atomic E-state index is 0.0291. The van der Waals surface area contributed by atoms with Crippen LogP contribution in [0.15, 0.2) is 42.5 Å². The standard InChI is InChI=1S/C29H39N3O8/c1-5-27(28(17-35-4)18-39-28,29(19-40-29)38-7-3)16-36-15-25(34)26(37-6-2)20-12-13-24(33)23(14-20)32-30-21-10-8-9-11-22(21)31(30)32/h8-14,25-26,33-34H,5-7,15-19H2,1-4H3. The van der Waals surface area contributed by atoms with Gasteiger partial charge in [-0.25, -0.2) is 0 Å². The van der Waals surface area contributed by atoms with Gasteiger partial charge in [0.05, 0.1) is 31.8 Å². The van der Waals surface area contributed by atoms with Crippen LogP contribution in [0.3, 0.4) is 0 Å². The Morgan fingerprint density at radius 3 is 2.27 bits per heavy atom. The molecule has 2 N–H and O–H groups in total. The molecule has 2 aromatic heterocycles. The predicted molar refractivity (Wildman–Crippen MR) is 145 cm³/mol. The third-order valence-electron chi connectivity index (χ3n) is 8.56. The Hall–Kier alpha value is -2.64. The molecule has 6 rings (SSSR count). The number of ether oxygens (including phenoxy) is 6. The van der Waals surface area contributed by atoms with E-state index in [1.165, 1.54) is 0 Å². The van der Waals surface area contributed by atoms with Crippen LogP contribution in [-0.2, 0) is 28.4 Å². The van der Waals surface area contributed by atoms with Gasteiger partial charge in [-0.15, -0.1) is 14.1 Å². The summed E-state index contributed by atoms with van der Waals surface area (Å²) in [7, 11) is 1.66. The Bertz CT molecular complexity index is 1370. The molecule has 2 saturated heterocycles. The third-order valence-corrected chi connectivity index (χ3v) is 8.56. The molecule has 5 atom stereocenters. The Morgan fingerprint density at radius 1 is 1.02 bits per heavy atom. The summed E-state index contributed by atoms with van der Waals surface area (Å²) in [6.45, 7) is 8.49. The van der Waals surface area contributed by atoms with Crippen LogP contribution in [0.2, 0.25) is 0 Å². The van der Waals surface area contributed by atoms with E-state index in [9.17, 15) is 10.2 Å². The Morgan fingerprint density at radius 2 is 1.73 bits per heavy atom. The van der Waals surface area contributed by atoms with Gasteiger partial charge >= 0.3 is 0 Å². The molecule has 2 aromatic carbocycles. The number of aliphatic hydroxyl groups excluding tert-OH is 1. The van der Waals surface area contributed by atoms with Gasteiger partial charge in [0.2, 0.25) is 5.79 Å². The van der Waals surface area contributed by atoms with Gasteiger partial charge in [0.15, 0.2) is 0 Å². The SMILES string of the molecule is CCOC(c1ccc(O)c(-n2n3c4ccccc4n23)c1)C(O)COCC(CC)(C1(COC)CO1)C1(OCC)CO1. The number of benzene rings is 2. The Labute approximate surface area is 232 Å². The smallest absolute Gasteiger partial charge is 0.203 e. The molecule has 4 heterocycles. The van der Waals surface area contributed by atoms with Crippen molar-refractivity contribution in [3.8, 4) is 11.4 Å². The molecule has 2 aliphatic rings. The lowest BCUT2D eigenvalue weighted by molar-refractivity contribution is -0.196. The van der Waals surface area contributed by atoms with Crippen molar-refractivity contribution in [3.63, 3.8) is 0 Å². The molecule has 0 amide bonds. The van der Waals surface area contributed by atoms with E-state index < -0.39 is 29.0 Å². The fourth-order valence-corrected chi connectivity index (χ4v) is 6.32. The first-order valence-electron chi connectivity index (χ1n) is 14.0. The minimum atomic E-state index is -0.961. The van der Waals surface area contributed by atoms with E-state index >= 15 is 0 Å². The number of epoxide rings is 2. The van der Waals surface area contributed by atoms with Crippen molar-refractivity contribution in [3.05, 3.63) is 48.0 Å². The van der Waals surface area contributed by atoms with E-state index in [0.29, 0.717) is 45.1 Å². The number of hydrogen-bond donors (Lipinski definition) is 2. The summed E-state index contributed by atoms with van der Waals surface area (Å²) in [6, 6.07) is 13.3. The number of hydrogen-bond acceptors (Lipinski definition) is 8. The van der Waals surface area contributed by atoms with Gasteiger partial charge in [0.25, 0.3) is 0 Å². The van der Waals surface area contributed by atoms with E-state index in [4.69, 9.17) is 28.4 Å².